The van der Waals surface area contributed by atoms with Crippen molar-refractivity contribution in [2.24, 2.45) is 11.3 Å². The summed E-state index contributed by atoms with van der Waals surface area (Å²) in [6, 6.07) is 0. The highest BCUT2D eigenvalue weighted by Gasteiger charge is 2.36. The Kier molecular flexibility index (Phi) is 7.08. The zero-order valence-corrected chi connectivity index (χ0v) is 12.9. The van der Waals surface area contributed by atoms with E-state index in [-0.39, 0.29) is 11.3 Å². The molecule has 106 valence electrons. The summed E-state index contributed by atoms with van der Waals surface area (Å²) >= 11 is 1.87. The lowest BCUT2D eigenvalue weighted by Gasteiger charge is -2.36. The highest BCUT2D eigenvalue weighted by molar-refractivity contribution is 7.98. The summed E-state index contributed by atoms with van der Waals surface area (Å²) in [6.45, 7) is 7.07. The average Bonchev–Trinajstić information content (AvgIpc) is 2.39. The van der Waals surface area contributed by atoms with Gasteiger partial charge >= 0.3 is 0 Å². The summed E-state index contributed by atoms with van der Waals surface area (Å²) in [6.07, 6.45) is 6.76. The van der Waals surface area contributed by atoms with Gasteiger partial charge in [0.05, 0.1) is 0 Å². The molecule has 1 rings (SSSR count). The lowest BCUT2D eigenvalue weighted by molar-refractivity contribution is -0.132. The molecule has 3 nitrogen and oxygen atoms in total. The molecule has 0 radical (unpaired) electrons. The SMILES string of the molecule is CSCCCCNC(=O)C(C)(C)C1CCCNC1. The molecule has 18 heavy (non-hydrogen) atoms. The molecule has 0 bridgehead atoms. The quantitative estimate of drug-likeness (QED) is 0.699. The predicted octanol–water partition coefficient (Wildman–Crippen LogP) is 2.27. The van der Waals surface area contributed by atoms with E-state index in [1.807, 2.05) is 11.8 Å². The van der Waals surface area contributed by atoms with Crippen LogP contribution >= 0.6 is 11.8 Å². The number of nitrogens with one attached hydrogen (secondary N) is 2. The van der Waals surface area contributed by atoms with Crippen molar-refractivity contribution in [1.29, 1.82) is 0 Å². The van der Waals surface area contributed by atoms with E-state index in [4.69, 9.17) is 0 Å². The van der Waals surface area contributed by atoms with Crippen LogP contribution in [0.1, 0.15) is 39.5 Å². The maximum atomic E-state index is 12.3. The minimum atomic E-state index is -0.243. The van der Waals surface area contributed by atoms with Crippen molar-refractivity contribution in [3.8, 4) is 0 Å². The van der Waals surface area contributed by atoms with Gasteiger partial charge in [0.15, 0.2) is 0 Å². The van der Waals surface area contributed by atoms with Crippen molar-refractivity contribution in [1.82, 2.24) is 10.6 Å². The summed E-state index contributed by atoms with van der Waals surface area (Å²) in [7, 11) is 0. The van der Waals surface area contributed by atoms with Gasteiger partial charge in [-0.3, -0.25) is 4.79 Å². The number of thioether (sulfide) groups is 1. The molecule has 1 unspecified atom stereocenters. The molecule has 1 saturated heterocycles. The zero-order chi connectivity index (χ0) is 13.4. The number of hydrogen-bond acceptors (Lipinski definition) is 3. The normalized spacial score (nSPS) is 20.7. The molecule has 4 heteroatoms. The van der Waals surface area contributed by atoms with E-state index < -0.39 is 0 Å². The van der Waals surface area contributed by atoms with E-state index in [1.165, 1.54) is 25.0 Å². The van der Waals surface area contributed by atoms with Crippen LogP contribution in [0.5, 0.6) is 0 Å². The molecule has 0 aliphatic carbocycles. The second-order valence-corrected chi connectivity index (χ2v) is 6.71. The van der Waals surface area contributed by atoms with Crippen molar-refractivity contribution in [3.05, 3.63) is 0 Å². The van der Waals surface area contributed by atoms with Crippen LogP contribution in [0.15, 0.2) is 0 Å². The van der Waals surface area contributed by atoms with Crippen LogP contribution in [-0.2, 0) is 4.79 Å². The monoisotopic (exact) mass is 272 g/mol. The third kappa shape index (κ3) is 4.81. The number of hydrogen-bond donors (Lipinski definition) is 2. The summed E-state index contributed by atoms with van der Waals surface area (Å²) < 4.78 is 0. The third-order valence-electron chi connectivity index (χ3n) is 3.96. The van der Waals surface area contributed by atoms with Gasteiger partial charge < -0.3 is 10.6 Å². The molecule has 1 aliphatic heterocycles. The Balaban J connectivity index is 2.29. The maximum absolute atomic E-state index is 12.3. The van der Waals surface area contributed by atoms with Crippen LogP contribution in [0.4, 0.5) is 0 Å². The average molecular weight is 272 g/mol. The molecule has 0 aromatic rings. The highest BCUT2D eigenvalue weighted by atomic mass is 32.2. The smallest absolute Gasteiger partial charge is 0.225 e. The molecular weight excluding hydrogens is 244 g/mol. The van der Waals surface area contributed by atoms with Gasteiger partial charge in [-0.05, 0) is 56.7 Å². The van der Waals surface area contributed by atoms with Crippen molar-refractivity contribution in [2.45, 2.75) is 39.5 Å². The van der Waals surface area contributed by atoms with Gasteiger partial charge in [0.1, 0.15) is 0 Å². The van der Waals surface area contributed by atoms with Crippen molar-refractivity contribution in [2.75, 3.05) is 31.6 Å². The van der Waals surface area contributed by atoms with Crippen molar-refractivity contribution >= 4 is 17.7 Å². The minimum Gasteiger partial charge on any atom is -0.356 e. The first-order valence-corrected chi connectivity index (χ1v) is 8.46. The summed E-state index contributed by atoms with van der Waals surface area (Å²) in [4.78, 5) is 12.3. The fourth-order valence-electron chi connectivity index (χ4n) is 2.45. The van der Waals surface area contributed by atoms with Gasteiger partial charge in [-0.15, -0.1) is 0 Å². The van der Waals surface area contributed by atoms with Crippen LogP contribution in [0.3, 0.4) is 0 Å². The van der Waals surface area contributed by atoms with E-state index in [2.05, 4.69) is 30.7 Å². The van der Waals surface area contributed by atoms with E-state index in [0.717, 1.165) is 26.1 Å². The van der Waals surface area contributed by atoms with Gasteiger partial charge in [0, 0.05) is 12.0 Å². The zero-order valence-electron chi connectivity index (χ0n) is 12.1. The molecule has 0 spiro atoms. The summed E-state index contributed by atoms with van der Waals surface area (Å²) in [5.74, 6) is 1.88. The van der Waals surface area contributed by atoms with Crippen LogP contribution in [-0.4, -0.2) is 37.6 Å². The molecule has 2 N–H and O–H groups in total. The van der Waals surface area contributed by atoms with E-state index in [0.29, 0.717) is 5.92 Å². The Bertz CT molecular complexity index is 250. The summed E-state index contributed by atoms with van der Waals surface area (Å²) in [5.41, 5.74) is -0.243. The first-order chi connectivity index (χ1) is 8.59. The van der Waals surface area contributed by atoms with Crippen molar-refractivity contribution in [3.63, 3.8) is 0 Å². The maximum Gasteiger partial charge on any atom is 0.225 e. The minimum absolute atomic E-state index is 0.223. The predicted molar refractivity (Wildman–Crippen MR) is 80.0 cm³/mol. The number of piperidine rings is 1. The molecule has 0 aromatic heterocycles. The lowest BCUT2D eigenvalue weighted by Crippen LogP contribution is -2.47. The van der Waals surface area contributed by atoms with Crippen LogP contribution < -0.4 is 10.6 Å². The molecule has 1 heterocycles. The van der Waals surface area contributed by atoms with E-state index >= 15 is 0 Å². The van der Waals surface area contributed by atoms with Crippen LogP contribution in [0, 0.1) is 11.3 Å². The van der Waals surface area contributed by atoms with Gasteiger partial charge in [-0.2, -0.15) is 11.8 Å². The molecular formula is C14H28N2OS. The standard InChI is InChI=1S/C14H28N2OS/c1-14(2,12-7-6-8-15-11-12)13(17)16-9-4-5-10-18-3/h12,15H,4-11H2,1-3H3,(H,16,17). The Morgan fingerprint density at radius 1 is 1.44 bits per heavy atom. The number of rotatable bonds is 7. The Morgan fingerprint density at radius 3 is 2.83 bits per heavy atom. The fraction of sp³-hybridized carbons (Fsp3) is 0.929. The summed E-state index contributed by atoms with van der Waals surface area (Å²) in [5, 5.41) is 6.50. The molecule has 0 saturated carbocycles. The number of carbonyl (C=O) groups excluding carboxylic acids is 1. The van der Waals surface area contributed by atoms with Crippen LogP contribution in [0.25, 0.3) is 0 Å². The highest BCUT2D eigenvalue weighted by Crippen LogP contribution is 2.31. The fourth-order valence-corrected chi connectivity index (χ4v) is 2.95. The molecule has 0 aromatic carbocycles. The first kappa shape index (κ1) is 15.8. The van der Waals surface area contributed by atoms with Gasteiger partial charge in [-0.1, -0.05) is 13.8 Å². The van der Waals surface area contributed by atoms with Crippen molar-refractivity contribution < 1.29 is 4.79 Å². The first-order valence-electron chi connectivity index (χ1n) is 7.07. The number of carbonyl (C=O) groups is 1. The molecule has 1 aliphatic rings. The largest absolute Gasteiger partial charge is 0.356 e. The molecule has 1 amide bonds. The number of unbranched alkanes of at least 4 members (excludes halogenated alkanes) is 1. The lowest BCUT2D eigenvalue weighted by atomic mass is 9.74. The Hall–Kier alpha value is -0.220. The molecule has 1 atom stereocenters. The second kappa shape index (κ2) is 8.05. The second-order valence-electron chi connectivity index (χ2n) is 5.72. The van der Waals surface area contributed by atoms with E-state index in [1.54, 1.807) is 0 Å². The van der Waals surface area contributed by atoms with Crippen LogP contribution in [0.2, 0.25) is 0 Å². The number of amides is 1. The Labute approximate surface area is 116 Å². The van der Waals surface area contributed by atoms with Gasteiger partial charge in [-0.25, -0.2) is 0 Å². The van der Waals surface area contributed by atoms with E-state index in [9.17, 15) is 4.79 Å². The molecule has 1 fully saturated rings. The Morgan fingerprint density at radius 2 is 2.22 bits per heavy atom. The topological polar surface area (TPSA) is 41.1 Å². The third-order valence-corrected chi connectivity index (χ3v) is 4.66. The van der Waals surface area contributed by atoms with Gasteiger partial charge in [0.2, 0.25) is 5.91 Å². The van der Waals surface area contributed by atoms with Gasteiger partial charge in [0.25, 0.3) is 0 Å².